The number of phenolic OH excluding ortho intramolecular Hbond substituents is 2. The van der Waals surface area contributed by atoms with Gasteiger partial charge in [0, 0.05) is 11.6 Å². The van der Waals surface area contributed by atoms with Gasteiger partial charge in [-0.2, -0.15) is 0 Å². The van der Waals surface area contributed by atoms with E-state index in [2.05, 4.69) is 4.74 Å². The quantitative estimate of drug-likeness (QED) is 0.666. The summed E-state index contributed by atoms with van der Waals surface area (Å²) < 4.78 is 4.68. The molecule has 1 atom stereocenters. The summed E-state index contributed by atoms with van der Waals surface area (Å²) in [5.74, 6) is -1.37. The Bertz CT molecular complexity index is 397. The summed E-state index contributed by atoms with van der Waals surface area (Å²) in [5, 5.41) is 28.5. The van der Waals surface area contributed by atoms with Crippen molar-refractivity contribution in [3.8, 4) is 11.5 Å². The number of aromatic hydroxyl groups is 2. The summed E-state index contributed by atoms with van der Waals surface area (Å²) in [5.41, 5.74) is -1.95. The fourth-order valence-corrected chi connectivity index (χ4v) is 1.31. The molecular weight excluding hydrogens is 212 g/mol. The molecule has 0 aliphatic carbocycles. The minimum Gasteiger partial charge on any atom is -0.508 e. The molecule has 0 heterocycles. The molecule has 0 bridgehead atoms. The zero-order valence-electron chi connectivity index (χ0n) is 9.10. The van der Waals surface area contributed by atoms with E-state index in [1.165, 1.54) is 19.1 Å². The molecule has 16 heavy (non-hydrogen) atoms. The standard InChI is InChI=1S/C11H14O5/c1-3-16-10(14)11(2,15)8-5-4-7(12)6-9(8)13/h4-6,12-13,15H,3H2,1-2H3. The highest BCUT2D eigenvalue weighted by Gasteiger charge is 2.36. The van der Waals surface area contributed by atoms with Gasteiger partial charge in [0.05, 0.1) is 6.61 Å². The first-order valence-corrected chi connectivity index (χ1v) is 4.81. The van der Waals surface area contributed by atoms with E-state index in [1.807, 2.05) is 0 Å². The molecule has 1 aromatic rings. The van der Waals surface area contributed by atoms with Gasteiger partial charge in [-0.3, -0.25) is 0 Å². The van der Waals surface area contributed by atoms with E-state index in [4.69, 9.17) is 5.11 Å². The highest BCUT2D eigenvalue weighted by atomic mass is 16.5. The van der Waals surface area contributed by atoms with Crippen molar-refractivity contribution >= 4 is 5.97 Å². The zero-order valence-corrected chi connectivity index (χ0v) is 9.10. The van der Waals surface area contributed by atoms with Crippen molar-refractivity contribution in [2.75, 3.05) is 6.61 Å². The van der Waals surface area contributed by atoms with Crippen LogP contribution < -0.4 is 0 Å². The zero-order chi connectivity index (χ0) is 12.3. The van der Waals surface area contributed by atoms with Crippen LogP contribution in [-0.2, 0) is 15.1 Å². The highest BCUT2D eigenvalue weighted by Crippen LogP contribution is 2.32. The number of esters is 1. The molecule has 88 valence electrons. The number of rotatable bonds is 3. The molecule has 1 unspecified atom stereocenters. The lowest BCUT2D eigenvalue weighted by Gasteiger charge is -2.22. The molecule has 0 amide bonds. The lowest BCUT2D eigenvalue weighted by Crippen LogP contribution is -2.34. The number of benzene rings is 1. The minimum absolute atomic E-state index is 0.0104. The normalized spacial score (nSPS) is 14.2. The van der Waals surface area contributed by atoms with Crippen molar-refractivity contribution in [3.05, 3.63) is 23.8 Å². The van der Waals surface area contributed by atoms with Gasteiger partial charge in [-0.15, -0.1) is 0 Å². The molecule has 3 N–H and O–H groups in total. The fourth-order valence-electron chi connectivity index (χ4n) is 1.31. The first-order chi connectivity index (χ1) is 7.39. The SMILES string of the molecule is CCOC(=O)C(C)(O)c1ccc(O)cc1O. The molecule has 1 aromatic carbocycles. The summed E-state index contributed by atoms with van der Waals surface area (Å²) >= 11 is 0. The topological polar surface area (TPSA) is 87.0 Å². The number of carbonyl (C=O) groups is 1. The average Bonchev–Trinajstić information content (AvgIpc) is 2.17. The first-order valence-electron chi connectivity index (χ1n) is 4.81. The third kappa shape index (κ3) is 2.25. The number of phenols is 2. The van der Waals surface area contributed by atoms with Crippen molar-refractivity contribution in [1.29, 1.82) is 0 Å². The van der Waals surface area contributed by atoms with E-state index in [0.29, 0.717) is 0 Å². The van der Waals surface area contributed by atoms with Crippen molar-refractivity contribution in [2.24, 2.45) is 0 Å². The van der Waals surface area contributed by atoms with E-state index >= 15 is 0 Å². The van der Waals surface area contributed by atoms with Crippen LogP contribution >= 0.6 is 0 Å². The lowest BCUT2D eigenvalue weighted by molar-refractivity contribution is -0.164. The molecule has 0 saturated carbocycles. The second-order valence-corrected chi connectivity index (χ2v) is 3.49. The van der Waals surface area contributed by atoms with Crippen LogP contribution in [0.1, 0.15) is 19.4 Å². The molecule has 0 radical (unpaired) electrons. The molecule has 5 nitrogen and oxygen atoms in total. The van der Waals surface area contributed by atoms with Crippen LogP contribution in [0.3, 0.4) is 0 Å². The van der Waals surface area contributed by atoms with Crippen LogP contribution in [-0.4, -0.2) is 27.9 Å². The maximum absolute atomic E-state index is 11.5. The van der Waals surface area contributed by atoms with Crippen molar-refractivity contribution in [2.45, 2.75) is 19.4 Å². The second-order valence-electron chi connectivity index (χ2n) is 3.49. The first kappa shape index (κ1) is 12.3. The predicted octanol–water partition coefficient (Wildman–Crippen LogP) is 0.868. The Hall–Kier alpha value is -1.75. The van der Waals surface area contributed by atoms with Crippen molar-refractivity contribution in [3.63, 3.8) is 0 Å². The van der Waals surface area contributed by atoms with E-state index in [0.717, 1.165) is 6.07 Å². The number of aliphatic hydroxyl groups is 1. The molecule has 0 saturated heterocycles. The molecule has 0 aliphatic heterocycles. The third-order valence-electron chi connectivity index (χ3n) is 2.18. The maximum atomic E-state index is 11.5. The molecular formula is C11H14O5. The Morgan fingerprint density at radius 3 is 2.56 bits per heavy atom. The van der Waals surface area contributed by atoms with Crippen LogP contribution in [0.2, 0.25) is 0 Å². The van der Waals surface area contributed by atoms with Crippen LogP contribution in [0.4, 0.5) is 0 Å². The summed E-state index contributed by atoms with van der Waals surface area (Å²) in [6.45, 7) is 2.97. The molecule has 0 fully saturated rings. The molecule has 0 aliphatic rings. The Labute approximate surface area is 92.9 Å². The number of ether oxygens (including phenoxy) is 1. The monoisotopic (exact) mass is 226 g/mol. The van der Waals surface area contributed by atoms with E-state index < -0.39 is 11.6 Å². The summed E-state index contributed by atoms with van der Waals surface area (Å²) in [6.07, 6.45) is 0. The Morgan fingerprint density at radius 1 is 1.44 bits per heavy atom. The van der Waals surface area contributed by atoms with E-state index in [1.54, 1.807) is 6.92 Å². The number of carbonyl (C=O) groups excluding carboxylic acids is 1. The van der Waals surface area contributed by atoms with Gasteiger partial charge < -0.3 is 20.1 Å². The summed E-state index contributed by atoms with van der Waals surface area (Å²) in [6, 6.07) is 3.58. The van der Waals surface area contributed by atoms with Gasteiger partial charge in [0.1, 0.15) is 11.5 Å². The van der Waals surface area contributed by atoms with Gasteiger partial charge in [-0.05, 0) is 26.0 Å². The van der Waals surface area contributed by atoms with Gasteiger partial charge in [-0.1, -0.05) is 0 Å². The lowest BCUT2D eigenvalue weighted by atomic mass is 9.95. The van der Waals surface area contributed by atoms with Gasteiger partial charge in [0.2, 0.25) is 0 Å². The van der Waals surface area contributed by atoms with Crippen LogP contribution in [0.25, 0.3) is 0 Å². The van der Waals surface area contributed by atoms with E-state index in [-0.39, 0.29) is 23.7 Å². The molecule has 0 aromatic heterocycles. The fraction of sp³-hybridized carbons (Fsp3) is 0.364. The summed E-state index contributed by atoms with van der Waals surface area (Å²) in [7, 11) is 0. The third-order valence-corrected chi connectivity index (χ3v) is 2.18. The largest absolute Gasteiger partial charge is 0.508 e. The highest BCUT2D eigenvalue weighted by molar-refractivity contribution is 5.81. The molecule has 0 spiro atoms. The molecule has 5 heteroatoms. The van der Waals surface area contributed by atoms with E-state index in [9.17, 15) is 15.0 Å². The van der Waals surface area contributed by atoms with Gasteiger partial charge in [0.15, 0.2) is 5.60 Å². The van der Waals surface area contributed by atoms with Crippen molar-refractivity contribution < 1.29 is 24.9 Å². The van der Waals surface area contributed by atoms with Crippen molar-refractivity contribution in [1.82, 2.24) is 0 Å². The Balaban J connectivity index is 3.11. The number of hydrogen-bond donors (Lipinski definition) is 3. The Morgan fingerprint density at radius 2 is 2.06 bits per heavy atom. The predicted molar refractivity (Wildman–Crippen MR) is 56.0 cm³/mol. The van der Waals surface area contributed by atoms with Crippen LogP contribution in [0.15, 0.2) is 18.2 Å². The Kier molecular flexibility index (Phi) is 3.39. The van der Waals surface area contributed by atoms with Gasteiger partial charge >= 0.3 is 5.97 Å². The maximum Gasteiger partial charge on any atom is 0.342 e. The average molecular weight is 226 g/mol. The minimum atomic E-state index is -1.94. The smallest absolute Gasteiger partial charge is 0.342 e. The van der Waals surface area contributed by atoms with Crippen LogP contribution in [0.5, 0.6) is 11.5 Å². The molecule has 1 rings (SSSR count). The number of hydrogen-bond acceptors (Lipinski definition) is 5. The van der Waals surface area contributed by atoms with Gasteiger partial charge in [0.25, 0.3) is 0 Å². The van der Waals surface area contributed by atoms with Crippen LogP contribution in [0, 0.1) is 0 Å². The second kappa shape index (κ2) is 4.40. The van der Waals surface area contributed by atoms with Gasteiger partial charge in [-0.25, -0.2) is 4.79 Å². The summed E-state index contributed by atoms with van der Waals surface area (Å²) in [4.78, 5) is 11.5.